The first kappa shape index (κ1) is 19.4. The Morgan fingerprint density at radius 2 is 1.71 bits per heavy atom. The predicted molar refractivity (Wildman–Crippen MR) is 111 cm³/mol. The summed E-state index contributed by atoms with van der Waals surface area (Å²) in [5.74, 6) is -2.87. The van der Waals surface area contributed by atoms with E-state index >= 15 is 0 Å². The quantitative estimate of drug-likeness (QED) is 0.446. The SMILES string of the molecule is CC(C)[C@@H]1N[C@]2(C(=O)Nc3ccccc32)[C@@H]2C(=O)N(c3ccc([N+](=O)[O-])cc3)C(=O)[C@@H]21. The molecular weight excluding hydrogens is 400 g/mol. The van der Waals surface area contributed by atoms with Crippen LogP contribution in [0.5, 0.6) is 0 Å². The number of hydrogen-bond donors (Lipinski definition) is 2. The van der Waals surface area contributed by atoms with Gasteiger partial charge in [0.2, 0.25) is 17.7 Å². The van der Waals surface area contributed by atoms with Crippen LogP contribution in [0.4, 0.5) is 17.1 Å². The van der Waals surface area contributed by atoms with Crippen molar-refractivity contribution >= 4 is 34.8 Å². The molecule has 0 saturated carbocycles. The second-order valence-electron chi connectivity index (χ2n) is 8.51. The van der Waals surface area contributed by atoms with Gasteiger partial charge in [-0.25, -0.2) is 4.90 Å². The van der Waals surface area contributed by atoms with Crippen molar-refractivity contribution in [1.29, 1.82) is 0 Å². The van der Waals surface area contributed by atoms with Gasteiger partial charge in [-0.15, -0.1) is 0 Å². The molecule has 0 radical (unpaired) electrons. The lowest BCUT2D eigenvalue weighted by atomic mass is 9.76. The molecule has 3 amide bonds. The first-order valence-corrected chi connectivity index (χ1v) is 10.1. The van der Waals surface area contributed by atoms with Crippen molar-refractivity contribution < 1.29 is 19.3 Å². The van der Waals surface area contributed by atoms with E-state index in [1.54, 1.807) is 24.3 Å². The summed E-state index contributed by atoms with van der Waals surface area (Å²) < 4.78 is 0. The van der Waals surface area contributed by atoms with Crippen LogP contribution >= 0.6 is 0 Å². The van der Waals surface area contributed by atoms with Gasteiger partial charge in [-0.2, -0.15) is 0 Å². The number of carbonyl (C=O) groups is 3. The summed E-state index contributed by atoms with van der Waals surface area (Å²) >= 11 is 0. The number of imide groups is 1. The number of non-ortho nitro benzene ring substituents is 1. The molecule has 4 atom stereocenters. The highest BCUT2D eigenvalue weighted by molar-refractivity contribution is 6.25. The number of carbonyl (C=O) groups excluding carboxylic acids is 3. The third-order valence-electron chi connectivity index (χ3n) is 6.59. The fraction of sp³-hybridized carbons (Fsp3) is 0.318. The first-order chi connectivity index (χ1) is 14.8. The molecule has 3 heterocycles. The zero-order valence-corrected chi connectivity index (χ0v) is 16.9. The van der Waals surface area contributed by atoms with Crippen molar-refractivity contribution in [1.82, 2.24) is 5.32 Å². The molecule has 0 aliphatic carbocycles. The van der Waals surface area contributed by atoms with E-state index in [1.807, 2.05) is 13.8 Å². The van der Waals surface area contributed by atoms with Crippen LogP contribution in [0.15, 0.2) is 48.5 Å². The molecule has 158 valence electrons. The number of nitrogens with one attached hydrogen (secondary N) is 2. The lowest BCUT2D eigenvalue weighted by molar-refractivity contribution is -0.384. The molecule has 0 bridgehead atoms. The summed E-state index contributed by atoms with van der Waals surface area (Å²) in [6, 6.07) is 12.1. The Balaban J connectivity index is 1.64. The monoisotopic (exact) mass is 420 g/mol. The smallest absolute Gasteiger partial charge is 0.269 e. The summed E-state index contributed by atoms with van der Waals surface area (Å²) in [5.41, 5.74) is 0.0741. The van der Waals surface area contributed by atoms with Crippen molar-refractivity contribution in [3.63, 3.8) is 0 Å². The second kappa shape index (κ2) is 6.45. The van der Waals surface area contributed by atoms with E-state index in [9.17, 15) is 24.5 Å². The maximum absolute atomic E-state index is 13.7. The molecule has 9 heteroatoms. The molecule has 1 spiro atoms. The minimum absolute atomic E-state index is 0.0130. The van der Waals surface area contributed by atoms with E-state index in [2.05, 4.69) is 10.6 Å². The van der Waals surface area contributed by atoms with E-state index in [-0.39, 0.29) is 29.2 Å². The van der Waals surface area contributed by atoms with Crippen molar-refractivity contribution in [3.8, 4) is 0 Å². The van der Waals surface area contributed by atoms with Gasteiger partial charge in [0.25, 0.3) is 5.69 Å². The minimum Gasteiger partial charge on any atom is -0.324 e. The molecule has 0 aromatic heterocycles. The highest BCUT2D eigenvalue weighted by Gasteiger charge is 2.70. The number of nitro groups is 1. The fourth-order valence-corrected chi connectivity index (χ4v) is 5.24. The molecule has 31 heavy (non-hydrogen) atoms. The second-order valence-corrected chi connectivity index (χ2v) is 8.51. The Morgan fingerprint density at radius 3 is 2.35 bits per heavy atom. The van der Waals surface area contributed by atoms with Gasteiger partial charge in [0.1, 0.15) is 5.54 Å². The summed E-state index contributed by atoms with van der Waals surface area (Å²) in [6.45, 7) is 3.89. The maximum Gasteiger partial charge on any atom is 0.269 e. The Labute approximate surface area is 177 Å². The molecule has 2 saturated heterocycles. The topological polar surface area (TPSA) is 122 Å². The number of amides is 3. The average molecular weight is 420 g/mol. The average Bonchev–Trinajstić information content (AvgIpc) is 3.33. The van der Waals surface area contributed by atoms with Crippen molar-refractivity contribution in [2.45, 2.75) is 25.4 Å². The normalized spacial score (nSPS) is 28.9. The van der Waals surface area contributed by atoms with Gasteiger partial charge >= 0.3 is 0 Å². The predicted octanol–water partition coefficient (Wildman–Crippen LogP) is 2.18. The number of nitrogens with zero attached hydrogens (tertiary/aromatic N) is 2. The summed E-state index contributed by atoms with van der Waals surface area (Å²) in [5, 5.41) is 17.2. The third kappa shape index (κ3) is 2.43. The number of nitro benzene ring substituents is 1. The summed E-state index contributed by atoms with van der Waals surface area (Å²) in [6.07, 6.45) is 0. The highest BCUT2D eigenvalue weighted by Crippen LogP contribution is 2.54. The number of rotatable bonds is 3. The number of para-hydroxylation sites is 1. The molecule has 2 N–H and O–H groups in total. The van der Waals surface area contributed by atoms with Gasteiger partial charge in [0.05, 0.1) is 22.4 Å². The first-order valence-electron chi connectivity index (χ1n) is 10.1. The molecule has 9 nitrogen and oxygen atoms in total. The van der Waals surface area contributed by atoms with E-state index in [4.69, 9.17) is 0 Å². The molecule has 5 rings (SSSR count). The maximum atomic E-state index is 13.7. The standard InChI is InChI=1S/C22H20N4O5/c1-11(2)18-16-17(22(24-18)14-5-3-4-6-15(14)23-21(22)29)20(28)25(19(16)27)12-7-9-13(10-8-12)26(30)31/h3-11,16-18,24H,1-2H3,(H,23,29)/t16-,17-,18-,22-/m0/s1. The van der Waals surface area contributed by atoms with Crippen LogP contribution in [-0.2, 0) is 19.9 Å². The number of benzene rings is 2. The molecule has 3 aliphatic rings. The van der Waals surface area contributed by atoms with Crippen LogP contribution in [0.25, 0.3) is 0 Å². The molecule has 3 aliphatic heterocycles. The Kier molecular flexibility index (Phi) is 4.03. The Morgan fingerprint density at radius 1 is 1.03 bits per heavy atom. The summed E-state index contributed by atoms with van der Waals surface area (Å²) in [4.78, 5) is 51.9. The van der Waals surface area contributed by atoms with Crippen molar-refractivity contribution in [3.05, 3.63) is 64.2 Å². The van der Waals surface area contributed by atoms with E-state index < -0.39 is 34.1 Å². The van der Waals surface area contributed by atoms with Gasteiger partial charge in [-0.3, -0.25) is 29.8 Å². The molecular formula is C22H20N4O5. The lowest BCUT2D eigenvalue weighted by Crippen LogP contribution is -2.54. The summed E-state index contributed by atoms with van der Waals surface area (Å²) in [7, 11) is 0. The lowest BCUT2D eigenvalue weighted by Gasteiger charge is -2.30. The highest BCUT2D eigenvalue weighted by atomic mass is 16.6. The zero-order chi connectivity index (χ0) is 22.1. The number of fused-ring (bicyclic) bond motifs is 4. The third-order valence-corrected chi connectivity index (χ3v) is 6.59. The largest absolute Gasteiger partial charge is 0.324 e. The Hall–Kier alpha value is -3.59. The van der Waals surface area contributed by atoms with Gasteiger partial charge < -0.3 is 5.32 Å². The number of hydrogen-bond acceptors (Lipinski definition) is 6. The van der Waals surface area contributed by atoms with Crippen molar-refractivity contribution in [2.24, 2.45) is 17.8 Å². The van der Waals surface area contributed by atoms with E-state index in [0.29, 0.717) is 11.3 Å². The molecule has 2 fully saturated rings. The number of anilines is 2. The zero-order valence-electron chi connectivity index (χ0n) is 16.9. The Bertz CT molecular complexity index is 1140. The van der Waals surface area contributed by atoms with Crippen LogP contribution < -0.4 is 15.5 Å². The minimum atomic E-state index is -1.33. The fourth-order valence-electron chi connectivity index (χ4n) is 5.24. The van der Waals surface area contributed by atoms with E-state index in [0.717, 1.165) is 4.90 Å². The molecule has 0 unspecified atom stereocenters. The van der Waals surface area contributed by atoms with Crippen LogP contribution in [-0.4, -0.2) is 28.7 Å². The van der Waals surface area contributed by atoms with Crippen LogP contribution in [0.3, 0.4) is 0 Å². The van der Waals surface area contributed by atoms with Crippen LogP contribution in [0, 0.1) is 27.9 Å². The van der Waals surface area contributed by atoms with Gasteiger partial charge in [0.15, 0.2) is 0 Å². The van der Waals surface area contributed by atoms with Gasteiger partial charge in [-0.1, -0.05) is 32.0 Å². The van der Waals surface area contributed by atoms with Crippen LogP contribution in [0.1, 0.15) is 19.4 Å². The molecule has 2 aromatic carbocycles. The van der Waals surface area contributed by atoms with Crippen LogP contribution in [0.2, 0.25) is 0 Å². The van der Waals surface area contributed by atoms with Gasteiger partial charge in [0, 0.05) is 29.4 Å². The van der Waals surface area contributed by atoms with Gasteiger partial charge in [-0.05, 0) is 24.1 Å². The molecule has 2 aromatic rings. The van der Waals surface area contributed by atoms with E-state index in [1.165, 1.54) is 24.3 Å². The van der Waals surface area contributed by atoms with Crippen molar-refractivity contribution in [2.75, 3.05) is 10.2 Å².